The number of nitrogens with zero attached hydrogens (tertiary/aromatic N) is 6. The Morgan fingerprint density at radius 2 is 1.77 bits per heavy atom. The van der Waals surface area contributed by atoms with Crippen molar-refractivity contribution in [2.75, 3.05) is 44.2 Å². The van der Waals surface area contributed by atoms with E-state index in [9.17, 15) is 5.26 Å². The van der Waals surface area contributed by atoms with Gasteiger partial charge in [-0.2, -0.15) is 10.4 Å². The molecule has 2 saturated heterocycles. The van der Waals surface area contributed by atoms with Crippen LogP contribution in [-0.2, 0) is 6.54 Å². The van der Waals surface area contributed by atoms with Crippen molar-refractivity contribution in [1.29, 1.82) is 5.26 Å². The molecule has 0 bridgehead atoms. The summed E-state index contributed by atoms with van der Waals surface area (Å²) >= 11 is 0. The Balaban J connectivity index is 1.22. The number of hydrogen-bond acceptors (Lipinski definition) is 7. The van der Waals surface area contributed by atoms with E-state index in [4.69, 9.17) is 4.98 Å². The quantitative estimate of drug-likeness (QED) is 0.470. The molecule has 0 aliphatic carbocycles. The van der Waals surface area contributed by atoms with Crippen LogP contribution in [0.15, 0.2) is 67.1 Å². The van der Waals surface area contributed by atoms with Gasteiger partial charge in [0.15, 0.2) is 0 Å². The van der Waals surface area contributed by atoms with Gasteiger partial charge >= 0.3 is 0 Å². The average Bonchev–Trinajstić information content (AvgIpc) is 3.60. The second-order valence-corrected chi connectivity index (χ2v) is 9.26. The van der Waals surface area contributed by atoms with Crippen molar-refractivity contribution < 1.29 is 0 Å². The number of nitrogens with one attached hydrogen (secondary N) is 2. The van der Waals surface area contributed by atoms with Gasteiger partial charge in [0.2, 0.25) is 0 Å². The number of aromatic nitrogens is 3. The Bertz CT molecular complexity index is 1340. The van der Waals surface area contributed by atoms with E-state index in [-0.39, 0.29) is 0 Å². The predicted octanol–water partition coefficient (Wildman–Crippen LogP) is 2.78. The van der Waals surface area contributed by atoms with E-state index >= 15 is 0 Å². The third-order valence-corrected chi connectivity index (χ3v) is 7.05. The van der Waals surface area contributed by atoms with Crippen molar-refractivity contribution in [2.45, 2.75) is 12.5 Å². The fraction of sp³-hybridized carbons (Fsp3) is 0.296. The SMILES string of the molecule is N#Cc1cnn2cc(C3CNNC3)cc(-c3ccc(N4CCN(Cc5ccccc5)CC4)nc3)c12. The van der Waals surface area contributed by atoms with Gasteiger partial charge in [-0.05, 0) is 29.3 Å². The third kappa shape index (κ3) is 4.37. The molecular formula is C27H28N8. The lowest BCUT2D eigenvalue weighted by molar-refractivity contribution is 0.249. The second-order valence-electron chi connectivity index (χ2n) is 9.26. The van der Waals surface area contributed by atoms with Crippen LogP contribution in [0.1, 0.15) is 22.6 Å². The van der Waals surface area contributed by atoms with Gasteiger partial charge in [-0.15, -0.1) is 0 Å². The predicted molar refractivity (Wildman–Crippen MR) is 136 cm³/mol. The minimum Gasteiger partial charge on any atom is -0.354 e. The molecule has 0 spiro atoms. The van der Waals surface area contributed by atoms with Crippen LogP contribution >= 0.6 is 0 Å². The monoisotopic (exact) mass is 464 g/mol. The topological polar surface area (TPSA) is 84.5 Å². The third-order valence-electron chi connectivity index (χ3n) is 7.05. The number of benzene rings is 1. The summed E-state index contributed by atoms with van der Waals surface area (Å²) in [6.45, 7) is 6.68. The first kappa shape index (κ1) is 21.7. The van der Waals surface area contributed by atoms with Crippen molar-refractivity contribution >= 4 is 11.3 Å². The van der Waals surface area contributed by atoms with Gasteiger partial charge < -0.3 is 4.90 Å². The summed E-state index contributed by atoms with van der Waals surface area (Å²) < 4.78 is 1.83. The zero-order chi connectivity index (χ0) is 23.6. The smallest absolute Gasteiger partial charge is 0.128 e. The Morgan fingerprint density at radius 1 is 0.971 bits per heavy atom. The minimum atomic E-state index is 0.354. The maximum Gasteiger partial charge on any atom is 0.128 e. The fourth-order valence-electron chi connectivity index (χ4n) is 5.07. The molecule has 2 N–H and O–H groups in total. The summed E-state index contributed by atoms with van der Waals surface area (Å²) in [6.07, 6.45) is 5.62. The fourth-order valence-corrected chi connectivity index (χ4v) is 5.07. The van der Waals surface area contributed by atoms with Gasteiger partial charge in [0.05, 0.1) is 17.3 Å². The van der Waals surface area contributed by atoms with Crippen LogP contribution in [0.5, 0.6) is 0 Å². The summed E-state index contributed by atoms with van der Waals surface area (Å²) in [7, 11) is 0. The maximum absolute atomic E-state index is 9.66. The Labute approximate surface area is 204 Å². The van der Waals surface area contributed by atoms with E-state index in [0.29, 0.717) is 11.5 Å². The molecule has 6 rings (SSSR count). The Kier molecular flexibility index (Phi) is 5.88. The number of piperazine rings is 1. The molecule has 35 heavy (non-hydrogen) atoms. The van der Waals surface area contributed by atoms with Gasteiger partial charge in [-0.25, -0.2) is 9.50 Å². The first-order valence-corrected chi connectivity index (χ1v) is 12.1. The highest BCUT2D eigenvalue weighted by Crippen LogP contribution is 2.31. The molecule has 8 nitrogen and oxygen atoms in total. The molecule has 2 fully saturated rings. The Morgan fingerprint density at radius 3 is 2.49 bits per heavy atom. The summed E-state index contributed by atoms with van der Waals surface area (Å²) in [5.74, 6) is 1.35. The van der Waals surface area contributed by atoms with Crippen molar-refractivity contribution in [3.63, 3.8) is 0 Å². The molecular weight excluding hydrogens is 436 g/mol. The van der Waals surface area contributed by atoms with Gasteiger partial charge in [-0.3, -0.25) is 15.8 Å². The first-order valence-electron chi connectivity index (χ1n) is 12.1. The highest BCUT2D eigenvalue weighted by Gasteiger charge is 2.22. The van der Waals surface area contributed by atoms with E-state index in [1.165, 1.54) is 11.1 Å². The van der Waals surface area contributed by atoms with Crippen LogP contribution in [0.2, 0.25) is 0 Å². The molecule has 176 valence electrons. The average molecular weight is 465 g/mol. The number of pyridine rings is 2. The lowest BCUT2D eigenvalue weighted by Crippen LogP contribution is -2.46. The minimum absolute atomic E-state index is 0.354. The normalized spacial score (nSPS) is 17.2. The molecule has 1 aromatic carbocycles. The lowest BCUT2D eigenvalue weighted by atomic mass is 9.97. The van der Waals surface area contributed by atoms with Crippen molar-refractivity contribution in [3.8, 4) is 17.2 Å². The number of rotatable bonds is 5. The van der Waals surface area contributed by atoms with Gasteiger partial charge in [0.1, 0.15) is 11.9 Å². The van der Waals surface area contributed by atoms with Crippen LogP contribution < -0.4 is 15.8 Å². The van der Waals surface area contributed by atoms with E-state index in [1.54, 1.807) is 6.20 Å². The van der Waals surface area contributed by atoms with Crippen molar-refractivity contribution in [3.05, 3.63) is 83.8 Å². The zero-order valence-electron chi connectivity index (χ0n) is 19.6. The molecule has 5 heterocycles. The number of nitriles is 1. The number of hydrazine groups is 1. The van der Waals surface area contributed by atoms with Gasteiger partial charge in [-0.1, -0.05) is 30.3 Å². The molecule has 0 radical (unpaired) electrons. The highest BCUT2D eigenvalue weighted by molar-refractivity contribution is 5.84. The summed E-state index contributed by atoms with van der Waals surface area (Å²) in [5.41, 5.74) is 12.4. The molecule has 0 saturated carbocycles. The molecule has 3 aromatic heterocycles. The zero-order valence-corrected chi connectivity index (χ0v) is 19.6. The van der Waals surface area contributed by atoms with Crippen LogP contribution in [0.3, 0.4) is 0 Å². The van der Waals surface area contributed by atoms with Crippen LogP contribution in [0, 0.1) is 11.3 Å². The molecule has 2 aliphatic rings. The molecule has 2 aliphatic heterocycles. The first-order chi connectivity index (χ1) is 17.3. The molecule has 4 aromatic rings. The van der Waals surface area contributed by atoms with Crippen LogP contribution in [-0.4, -0.2) is 58.8 Å². The van der Waals surface area contributed by atoms with E-state index < -0.39 is 0 Å². The second kappa shape index (κ2) is 9.47. The van der Waals surface area contributed by atoms with E-state index in [2.05, 4.69) is 80.4 Å². The summed E-state index contributed by atoms with van der Waals surface area (Å²) in [4.78, 5) is 9.68. The summed E-state index contributed by atoms with van der Waals surface area (Å²) in [5, 5.41) is 14.1. The van der Waals surface area contributed by atoms with Gasteiger partial charge in [0.25, 0.3) is 0 Å². The van der Waals surface area contributed by atoms with Crippen molar-refractivity contribution in [1.82, 2.24) is 30.3 Å². The molecule has 0 amide bonds. The molecule has 8 heteroatoms. The van der Waals surface area contributed by atoms with Crippen LogP contribution in [0.25, 0.3) is 16.6 Å². The molecule has 0 atom stereocenters. The standard InChI is InChI=1S/C27H28N8/c28-13-23-17-32-35-19-22(24-15-30-31-16-24)12-25(27(23)35)21-6-7-26(29-14-21)34-10-8-33(9-11-34)18-20-4-2-1-3-5-20/h1-7,12,14,17,19,24,30-31H,8-11,15-16,18H2. The number of anilines is 1. The van der Waals surface area contributed by atoms with Crippen LogP contribution in [0.4, 0.5) is 5.82 Å². The Hall–Kier alpha value is -3.77. The highest BCUT2D eigenvalue weighted by atomic mass is 15.4. The summed E-state index contributed by atoms with van der Waals surface area (Å²) in [6, 6.07) is 19.4. The lowest BCUT2D eigenvalue weighted by Gasteiger charge is -2.35. The number of hydrogen-bond donors (Lipinski definition) is 2. The maximum atomic E-state index is 9.66. The van der Waals surface area contributed by atoms with Gasteiger partial charge in [0, 0.05) is 75.3 Å². The largest absolute Gasteiger partial charge is 0.354 e. The molecule has 0 unspecified atom stereocenters. The van der Waals surface area contributed by atoms with Crippen molar-refractivity contribution in [2.24, 2.45) is 0 Å². The number of fused-ring (bicyclic) bond motifs is 1. The van der Waals surface area contributed by atoms with E-state index in [1.807, 2.05) is 16.9 Å². The van der Waals surface area contributed by atoms with E-state index in [0.717, 1.165) is 68.3 Å².